The maximum atomic E-state index is 4.12. The molecule has 11 heavy (non-hydrogen) atoms. The van der Waals surface area contributed by atoms with E-state index in [1.807, 2.05) is 19.2 Å². The van der Waals surface area contributed by atoms with Gasteiger partial charge in [0, 0.05) is 18.4 Å². The lowest BCUT2D eigenvalue weighted by Gasteiger charge is -2.01. The summed E-state index contributed by atoms with van der Waals surface area (Å²) in [5.41, 5.74) is 2.39. The molecule has 0 atom stereocenters. The van der Waals surface area contributed by atoms with Crippen LogP contribution in [0.1, 0.15) is 18.2 Å². The molecule has 60 valence electrons. The van der Waals surface area contributed by atoms with Gasteiger partial charge in [-0.3, -0.25) is 4.98 Å². The van der Waals surface area contributed by atoms with E-state index in [0.717, 1.165) is 18.8 Å². The van der Waals surface area contributed by atoms with Gasteiger partial charge in [-0.05, 0) is 31.2 Å². The number of hydrogen-bond acceptors (Lipinski definition) is 2. The molecule has 0 aliphatic heterocycles. The lowest BCUT2D eigenvalue weighted by molar-refractivity contribution is 0.725. The highest BCUT2D eigenvalue weighted by Crippen LogP contribution is 1.99. The zero-order chi connectivity index (χ0) is 8.10. The second-order valence-electron chi connectivity index (χ2n) is 2.59. The van der Waals surface area contributed by atoms with Gasteiger partial charge in [0.1, 0.15) is 0 Å². The molecule has 1 aromatic rings. The smallest absolute Gasteiger partial charge is 0.0375 e. The molecule has 1 heterocycles. The summed E-state index contributed by atoms with van der Waals surface area (Å²) in [4.78, 5) is 4.12. The van der Waals surface area contributed by atoms with Crippen LogP contribution in [0, 0.1) is 6.92 Å². The van der Waals surface area contributed by atoms with E-state index in [1.54, 1.807) is 0 Å². The first-order chi connectivity index (χ1) is 5.33. The van der Waals surface area contributed by atoms with Crippen molar-refractivity contribution in [1.29, 1.82) is 0 Å². The number of aryl methyl sites for hydroxylation is 1. The predicted molar refractivity (Wildman–Crippen MR) is 46.4 cm³/mol. The van der Waals surface area contributed by atoms with Gasteiger partial charge in [0.2, 0.25) is 0 Å². The molecular weight excluding hydrogens is 136 g/mol. The maximum Gasteiger partial charge on any atom is 0.0375 e. The molecular formula is C9H14N2. The molecule has 0 saturated heterocycles. The molecule has 0 bridgehead atoms. The van der Waals surface area contributed by atoms with Crippen LogP contribution < -0.4 is 5.32 Å². The lowest BCUT2D eigenvalue weighted by atomic mass is 10.2. The Bertz CT molecular complexity index is 221. The van der Waals surface area contributed by atoms with Crippen LogP contribution in [-0.2, 0) is 6.54 Å². The van der Waals surface area contributed by atoms with Gasteiger partial charge in [0.25, 0.3) is 0 Å². The van der Waals surface area contributed by atoms with Gasteiger partial charge >= 0.3 is 0 Å². The van der Waals surface area contributed by atoms with Gasteiger partial charge in [-0.25, -0.2) is 0 Å². The normalized spacial score (nSPS) is 10.0. The minimum absolute atomic E-state index is 0.944. The molecule has 0 aliphatic carbocycles. The molecule has 2 nitrogen and oxygen atoms in total. The Balaban J connectivity index is 2.56. The first kappa shape index (κ1) is 8.21. The third kappa shape index (κ3) is 2.68. The van der Waals surface area contributed by atoms with Gasteiger partial charge < -0.3 is 5.32 Å². The molecule has 0 spiro atoms. The first-order valence-corrected chi connectivity index (χ1v) is 3.95. The third-order valence-electron chi connectivity index (χ3n) is 1.54. The summed E-state index contributed by atoms with van der Waals surface area (Å²) in [5, 5.41) is 3.26. The van der Waals surface area contributed by atoms with Crippen molar-refractivity contribution < 1.29 is 0 Å². The van der Waals surface area contributed by atoms with Crippen molar-refractivity contribution in [1.82, 2.24) is 10.3 Å². The fourth-order valence-electron chi connectivity index (χ4n) is 0.984. The first-order valence-electron chi connectivity index (χ1n) is 3.95. The van der Waals surface area contributed by atoms with Crippen LogP contribution in [0.25, 0.3) is 0 Å². The van der Waals surface area contributed by atoms with E-state index in [4.69, 9.17) is 0 Å². The monoisotopic (exact) mass is 150 g/mol. The largest absolute Gasteiger partial charge is 0.313 e. The Labute approximate surface area is 67.7 Å². The quantitative estimate of drug-likeness (QED) is 0.706. The number of nitrogens with one attached hydrogen (secondary N) is 1. The molecule has 0 aromatic carbocycles. The molecule has 0 aliphatic rings. The van der Waals surface area contributed by atoms with Crippen LogP contribution in [0.15, 0.2) is 18.3 Å². The Kier molecular flexibility index (Phi) is 3.05. The molecule has 1 N–H and O–H groups in total. The van der Waals surface area contributed by atoms with Gasteiger partial charge in [-0.2, -0.15) is 0 Å². The van der Waals surface area contributed by atoms with Crippen LogP contribution in [0.3, 0.4) is 0 Å². The number of aromatic nitrogens is 1. The molecule has 0 saturated carbocycles. The minimum Gasteiger partial charge on any atom is -0.313 e. The summed E-state index contributed by atoms with van der Waals surface area (Å²) in [6.45, 7) is 6.07. The van der Waals surface area contributed by atoms with Gasteiger partial charge in [-0.15, -0.1) is 0 Å². The van der Waals surface area contributed by atoms with Crippen molar-refractivity contribution in [3.63, 3.8) is 0 Å². The number of pyridine rings is 1. The van der Waals surface area contributed by atoms with Crippen molar-refractivity contribution in [3.8, 4) is 0 Å². The number of hydrogen-bond donors (Lipinski definition) is 1. The molecule has 2 heteroatoms. The Morgan fingerprint density at radius 2 is 2.36 bits per heavy atom. The summed E-state index contributed by atoms with van der Waals surface area (Å²) in [5.74, 6) is 0. The van der Waals surface area contributed by atoms with Gasteiger partial charge in [0.15, 0.2) is 0 Å². The van der Waals surface area contributed by atoms with E-state index in [9.17, 15) is 0 Å². The summed E-state index contributed by atoms with van der Waals surface area (Å²) in [7, 11) is 0. The van der Waals surface area contributed by atoms with Crippen molar-refractivity contribution in [3.05, 3.63) is 29.6 Å². The Morgan fingerprint density at radius 3 is 3.00 bits per heavy atom. The Morgan fingerprint density at radius 1 is 1.55 bits per heavy atom. The SMILES string of the molecule is CCNCc1ccnc(C)c1. The summed E-state index contributed by atoms with van der Waals surface area (Å²) in [6, 6.07) is 4.14. The molecule has 1 rings (SSSR count). The van der Waals surface area contributed by atoms with Crippen molar-refractivity contribution >= 4 is 0 Å². The van der Waals surface area contributed by atoms with Crippen molar-refractivity contribution in [2.75, 3.05) is 6.54 Å². The summed E-state index contributed by atoms with van der Waals surface area (Å²) < 4.78 is 0. The van der Waals surface area contributed by atoms with Crippen LogP contribution in [-0.4, -0.2) is 11.5 Å². The molecule has 0 amide bonds. The highest BCUT2D eigenvalue weighted by molar-refractivity contribution is 5.14. The Hall–Kier alpha value is -0.890. The molecule has 0 radical (unpaired) electrons. The average Bonchev–Trinajstić information content (AvgIpc) is 2.01. The van der Waals surface area contributed by atoms with Gasteiger partial charge in [-0.1, -0.05) is 6.92 Å². The van der Waals surface area contributed by atoms with Crippen LogP contribution in [0.4, 0.5) is 0 Å². The van der Waals surface area contributed by atoms with E-state index >= 15 is 0 Å². The summed E-state index contributed by atoms with van der Waals surface area (Å²) in [6.07, 6.45) is 1.85. The molecule has 0 unspecified atom stereocenters. The standard InChI is InChI=1S/C9H14N2/c1-3-10-7-9-4-5-11-8(2)6-9/h4-6,10H,3,7H2,1-2H3. The highest BCUT2D eigenvalue weighted by Gasteiger charge is 1.90. The zero-order valence-electron chi connectivity index (χ0n) is 7.09. The van der Waals surface area contributed by atoms with E-state index in [0.29, 0.717) is 0 Å². The molecule has 1 aromatic heterocycles. The van der Waals surface area contributed by atoms with Crippen LogP contribution >= 0.6 is 0 Å². The average molecular weight is 150 g/mol. The predicted octanol–water partition coefficient (Wildman–Crippen LogP) is 1.50. The second kappa shape index (κ2) is 4.09. The van der Waals surface area contributed by atoms with Gasteiger partial charge in [0.05, 0.1) is 0 Å². The highest BCUT2D eigenvalue weighted by atomic mass is 14.8. The zero-order valence-corrected chi connectivity index (χ0v) is 7.09. The third-order valence-corrected chi connectivity index (χ3v) is 1.54. The fraction of sp³-hybridized carbons (Fsp3) is 0.444. The van der Waals surface area contributed by atoms with E-state index in [-0.39, 0.29) is 0 Å². The van der Waals surface area contributed by atoms with E-state index in [1.165, 1.54) is 5.56 Å². The van der Waals surface area contributed by atoms with Crippen LogP contribution in [0.2, 0.25) is 0 Å². The van der Waals surface area contributed by atoms with Crippen molar-refractivity contribution in [2.45, 2.75) is 20.4 Å². The number of nitrogens with zero attached hydrogens (tertiary/aromatic N) is 1. The lowest BCUT2D eigenvalue weighted by Crippen LogP contribution is -2.11. The van der Waals surface area contributed by atoms with E-state index < -0.39 is 0 Å². The minimum atomic E-state index is 0.944. The summed E-state index contributed by atoms with van der Waals surface area (Å²) >= 11 is 0. The van der Waals surface area contributed by atoms with E-state index in [2.05, 4.69) is 23.3 Å². The maximum absolute atomic E-state index is 4.12. The topological polar surface area (TPSA) is 24.9 Å². The fourth-order valence-corrected chi connectivity index (χ4v) is 0.984. The van der Waals surface area contributed by atoms with Crippen molar-refractivity contribution in [2.24, 2.45) is 0 Å². The number of rotatable bonds is 3. The van der Waals surface area contributed by atoms with Crippen LogP contribution in [0.5, 0.6) is 0 Å². The molecule has 0 fully saturated rings. The second-order valence-corrected chi connectivity index (χ2v) is 2.59.